The van der Waals surface area contributed by atoms with Gasteiger partial charge in [-0.25, -0.2) is 15.0 Å². The molecule has 2 heterocycles. The van der Waals surface area contributed by atoms with E-state index in [1.807, 2.05) is 60.7 Å². The Morgan fingerprint density at radius 1 is 0.314 bits per heavy atom. The number of fused-ring (bicyclic) bond motifs is 6. The molecule has 0 unspecified atom stereocenters. The number of hydrogen-bond acceptors (Lipinski definition) is 4. The highest BCUT2D eigenvalue weighted by molar-refractivity contribution is 6.19. The zero-order valence-electron chi connectivity index (χ0n) is 27.5. The molecule has 51 heavy (non-hydrogen) atoms. The maximum absolute atomic E-state index is 6.68. The normalized spacial score (nSPS) is 11.5. The van der Waals surface area contributed by atoms with Crippen molar-refractivity contribution in [2.24, 2.45) is 0 Å². The molecule has 0 amide bonds. The van der Waals surface area contributed by atoms with E-state index >= 15 is 0 Å². The van der Waals surface area contributed by atoms with Gasteiger partial charge in [-0.1, -0.05) is 146 Å². The third-order valence-corrected chi connectivity index (χ3v) is 9.69. The van der Waals surface area contributed by atoms with Gasteiger partial charge in [-0.3, -0.25) is 0 Å². The summed E-state index contributed by atoms with van der Waals surface area (Å²) in [5.41, 5.74) is 9.09. The summed E-state index contributed by atoms with van der Waals surface area (Å²) in [7, 11) is 0. The Bertz CT molecular complexity index is 2860. The molecule has 0 radical (unpaired) electrons. The minimum atomic E-state index is 0.630. The molecule has 10 aromatic rings. The van der Waals surface area contributed by atoms with Crippen LogP contribution in [0.3, 0.4) is 0 Å². The summed E-state index contributed by atoms with van der Waals surface area (Å²) >= 11 is 0. The lowest BCUT2D eigenvalue weighted by molar-refractivity contribution is 0.673. The molecular formula is C47H29N3O. The minimum absolute atomic E-state index is 0.630. The zero-order chi connectivity index (χ0) is 33.7. The van der Waals surface area contributed by atoms with Crippen molar-refractivity contribution in [3.63, 3.8) is 0 Å². The second kappa shape index (κ2) is 11.9. The topological polar surface area (TPSA) is 51.8 Å². The molecule has 0 N–H and O–H groups in total. The third kappa shape index (κ3) is 5.13. The summed E-state index contributed by atoms with van der Waals surface area (Å²) in [6.07, 6.45) is 0. The van der Waals surface area contributed by atoms with Crippen LogP contribution in [0.15, 0.2) is 180 Å². The molecule has 0 bridgehead atoms. The van der Waals surface area contributed by atoms with Crippen LogP contribution in [0.2, 0.25) is 0 Å². The van der Waals surface area contributed by atoms with Crippen molar-refractivity contribution in [1.29, 1.82) is 0 Å². The van der Waals surface area contributed by atoms with E-state index in [4.69, 9.17) is 19.4 Å². The molecule has 4 nitrogen and oxygen atoms in total. The van der Waals surface area contributed by atoms with Crippen LogP contribution < -0.4 is 0 Å². The fourth-order valence-electron chi connectivity index (χ4n) is 7.15. The Morgan fingerprint density at radius 2 is 0.882 bits per heavy atom. The summed E-state index contributed by atoms with van der Waals surface area (Å²) in [5, 5.41) is 6.85. The van der Waals surface area contributed by atoms with E-state index in [-0.39, 0.29) is 0 Å². The number of nitrogens with zero attached hydrogens (tertiary/aromatic N) is 3. The molecule has 238 valence electrons. The van der Waals surface area contributed by atoms with Crippen LogP contribution in [0.25, 0.3) is 99.9 Å². The van der Waals surface area contributed by atoms with Gasteiger partial charge in [-0.2, -0.15) is 0 Å². The summed E-state index contributed by atoms with van der Waals surface area (Å²) in [5.74, 6) is 1.92. The highest BCUT2D eigenvalue weighted by Gasteiger charge is 2.17. The van der Waals surface area contributed by atoms with Gasteiger partial charge in [0.25, 0.3) is 0 Å². The molecule has 8 aromatic carbocycles. The molecule has 0 aliphatic carbocycles. The molecule has 0 saturated carbocycles. The number of benzene rings is 8. The molecule has 0 fully saturated rings. The average molecular weight is 652 g/mol. The summed E-state index contributed by atoms with van der Waals surface area (Å²) in [6, 6.07) is 61.1. The van der Waals surface area contributed by atoms with E-state index in [9.17, 15) is 0 Å². The van der Waals surface area contributed by atoms with Crippen LogP contribution >= 0.6 is 0 Å². The molecule has 0 aliphatic rings. The van der Waals surface area contributed by atoms with Crippen LogP contribution in [0.5, 0.6) is 0 Å². The van der Waals surface area contributed by atoms with Crippen molar-refractivity contribution >= 4 is 43.5 Å². The molecule has 0 saturated heterocycles. The Labute approximate surface area is 294 Å². The second-order valence-corrected chi connectivity index (χ2v) is 12.8. The standard InChI is InChI=1S/C47H29N3O/c1-3-13-31(14-4-1)45-48-46(32-15-5-2-6-16-32)50-47(49-45)37-19-11-18-36(27-37)41-29-42-39-25-24-35(34-23-22-30-12-7-8-17-33(30)26-34)28-43(39)51-44(42)40-21-10-9-20-38(40)41/h1-29H. The van der Waals surface area contributed by atoms with Crippen LogP contribution in [-0.2, 0) is 0 Å². The van der Waals surface area contributed by atoms with E-state index < -0.39 is 0 Å². The van der Waals surface area contributed by atoms with Gasteiger partial charge < -0.3 is 4.42 Å². The first-order valence-corrected chi connectivity index (χ1v) is 17.1. The highest BCUT2D eigenvalue weighted by atomic mass is 16.3. The fraction of sp³-hybridized carbons (Fsp3) is 0. The van der Waals surface area contributed by atoms with Gasteiger partial charge in [0, 0.05) is 32.8 Å². The maximum atomic E-state index is 6.68. The predicted octanol–water partition coefficient (Wildman–Crippen LogP) is 12.4. The van der Waals surface area contributed by atoms with Gasteiger partial charge in [0.1, 0.15) is 11.2 Å². The van der Waals surface area contributed by atoms with E-state index in [0.29, 0.717) is 17.5 Å². The number of hydrogen-bond donors (Lipinski definition) is 0. The lowest BCUT2D eigenvalue weighted by atomic mass is 9.94. The summed E-state index contributed by atoms with van der Waals surface area (Å²) in [4.78, 5) is 14.9. The summed E-state index contributed by atoms with van der Waals surface area (Å²) in [6.45, 7) is 0. The molecule has 0 spiro atoms. The monoisotopic (exact) mass is 651 g/mol. The molecule has 0 aliphatic heterocycles. The highest BCUT2D eigenvalue weighted by Crippen LogP contribution is 2.41. The van der Waals surface area contributed by atoms with Crippen molar-refractivity contribution in [2.75, 3.05) is 0 Å². The average Bonchev–Trinajstić information content (AvgIpc) is 3.59. The van der Waals surface area contributed by atoms with Crippen LogP contribution in [-0.4, -0.2) is 15.0 Å². The van der Waals surface area contributed by atoms with Crippen molar-refractivity contribution in [3.8, 4) is 56.4 Å². The Kier molecular flexibility index (Phi) is 6.78. The fourth-order valence-corrected chi connectivity index (χ4v) is 7.15. The Balaban J connectivity index is 1.12. The van der Waals surface area contributed by atoms with Gasteiger partial charge in [-0.15, -0.1) is 0 Å². The largest absolute Gasteiger partial charge is 0.455 e. The van der Waals surface area contributed by atoms with Crippen LogP contribution in [0, 0.1) is 0 Å². The quantitative estimate of drug-likeness (QED) is 0.186. The van der Waals surface area contributed by atoms with E-state index in [2.05, 4.69) is 115 Å². The smallest absolute Gasteiger partial charge is 0.164 e. The number of furan rings is 1. The Hall–Kier alpha value is -6.91. The third-order valence-electron chi connectivity index (χ3n) is 9.69. The first-order chi connectivity index (χ1) is 25.2. The maximum Gasteiger partial charge on any atom is 0.164 e. The van der Waals surface area contributed by atoms with Gasteiger partial charge in [0.2, 0.25) is 0 Å². The number of rotatable bonds is 5. The second-order valence-electron chi connectivity index (χ2n) is 12.8. The van der Waals surface area contributed by atoms with Gasteiger partial charge in [-0.05, 0) is 68.7 Å². The molecule has 4 heteroatoms. The van der Waals surface area contributed by atoms with Crippen LogP contribution in [0.1, 0.15) is 0 Å². The lowest BCUT2D eigenvalue weighted by Crippen LogP contribution is -2.00. The SMILES string of the molecule is c1ccc(-c2nc(-c3ccccc3)nc(-c3cccc(-c4cc5c6ccc(-c7ccc8ccccc8c7)cc6oc5c5ccccc45)c3)n2)cc1. The van der Waals surface area contributed by atoms with Crippen molar-refractivity contribution in [2.45, 2.75) is 0 Å². The van der Waals surface area contributed by atoms with E-state index in [1.165, 1.54) is 16.3 Å². The van der Waals surface area contributed by atoms with Gasteiger partial charge in [0.05, 0.1) is 0 Å². The van der Waals surface area contributed by atoms with Gasteiger partial charge in [0.15, 0.2) is 17.5 Å². The molecule has 2 aromatic heterocycles. The zero-order valence-corrected chi connectivity index (χ0v) is 27.5. The molecule has 0 atom stereocenters. The van der Waals surface area contributed by atoms with Gasteiger partial charge >= 0.3 is 0 Å². The van der Waals surface area contributed by atoms with Crippen LogP contribution in [0.4, 0.5) is 0 Å². The van der Waals surface area contributed by atoms with E-state index in [1.54, 1.807) is 0 Å². The first kappa shape index (κ1) is 29.0. The van der Waals surface area contributed by atoms with Crippen molar-refractivity contribution in [3.05, 3.63) is 176 Å². The first-order valence-electron chi connectivity index (χ1n) is 17.1. The summed E-state index contributed by atoms with van der Waals surface area (Å²) < 4.78 is 6.68. The molecule has 10 rings (SSSR count). The number of aromatic nitrogens is 3. The van der Waals surface area contributed by atoms with Crippen molar-refractivity contribution < 1.29 is 4.42 Å². The van der Waals surface area contributed by atoms with Crippen molar-refractivity contribution in [1.82, 2.24) is 15.0 Å². The van der Waals surface area contributed by atoms with E-state index in [0.717, 1.165) is 66.1 Å². The lowest BCUT2D eigenvalue weighted by Gasteiger charge is -2.11. The predicted molar refractivity (Wildman–Crippen MR) is 209 cm³/mol. The minimum Gasteiger partial charge on any atom is -0.455 e. The molecular weight excluding hydrogens is 623 g/mol. The Morgan fingerprint density at radius 3 is 1.63 bits per heavy atom.